The first kappa shape index (κ1) is 26.8. The molecule has 0 saturated heterocycles. The Morgan fingerprint density at radius 3 is 1.68 bits per heavy atom. The van der Waals surface area contributed by atoms with Gasteiger partial charge in [0.25, 0.3) is 0 Å². The monoisotopic (exact) mass is 603 g/mol. The van der Waals surface area contributed by atoms with Gasteiger partial charge in [-0.15, -0.1) is 0 Å². The molecule has 0 aliphatic carbocycles. The molecule has 0 amide bonds. The molecule has 0 N–H and O–H groups in total. The standard InChI is InChI=1S/C41H25N5O/c1-3-9-27(10-4-1)39-44-40(28-11-5-2-6-12-28)46-41(45-39)29-17-15-26(16-18-29)30-19-21-34-31(23-30)20-22-35(43-34)36-24-33-32-13-7-8-14-37(32)47-38(33)25-42-36/h1-25H. The summed E-state index contributed by atoms with van der Waals surface area (Å²) in [7, 11) is 0. The lowest BCUT2D eigenvalue weighted by atomic mass is 10.0. The fraction of sp³-hybridized carbons (Fsp3) is 0. The fourth-order valence-electron chi connectivity index (χ4n) is 5.97. The lowest BCUT2D eigenvalue weighted by Crippen LogP contribution is -2.00. The van der Waals surface area contributed by atoms with Gasteiger partial charge in [-0.25, -0.2) is 19.9 Å². The maximum Gasteiger partial charge on any atom is 0.164 e. The van der Waals surface area contributed by atoms with E-state index in [1.54, 1.807) is 6.20 Å². The van der Waals surface area contributed by atoms with Gasteiger partial charge in [0.2, 0.25) is 0 Å². The second kappa shape index (κ2) is 11.1. The molecule has 6 heteroatoms. The number of hydrogen-bond donors (Lipinski definition) is 0. The molecule has 4 heterocycles. The van der Waals surface area contributed by atoms with E-state index in [1.165, 1.54) is 0 Å². The molecule has 0 fully saturated rings. The number of aromatic nitrogens is 5. The maximum absolute atomic E-state index is 5.96. The van der Waals surface area contributed by atoms with Crippen LogP contribution in [-0.2, 0) is 0 Å². The van der Waals surface area contributed by atoms with E-state index in [1.807, 2.05) is 84.9 Å². The number of benzene rings is 5. The first-order chi connectivity index (χ1) is 23.2. The third kappa shape index (κ3) is 4.98. The summed E-state index contributed by atoms with van der Waals surface area (Å²) in [6.45, 7) is 0. The average molecular weight is 604 g/mol. The number of rotatable bonds is 5. The molecule has 0 radical (unpaired) electrons. The second-order valence-electron chi connectivity index (χ2n) is 11.4. The summed E-state index contributed by atoms with van der Waals surface area (Å²) in [6.07, 6.45) is 1.78. The van der Waals surface area contributed by atoms with Crippen LogP contribution in [0.25, 0.3) is 89.5 Å². The molecule has 5 aromatic carbocycles. The van der Waals surface area contributed by atoms with Crippen LogP contribution >= 0.6 is 0 Å². The van der Waals surface area contributed by atoms with E-state index >= 15 is 0 Å². The Bertz CT molecular complexity index is 2500. The predicted octanol–water partition coefficient (Wildman–Crippen LogP) is 10.0. The Labute approximate surface area is 270 Å². The van der Waals surface area contributed by atoms with E-state index in [0.717, 1.165) is 72.0 Å². The summed E-state index contributed by atoms with van der Waals surface area (Å²) in [6, 6.07) is 49.0. The van der Waals surface area contributed by atoms with Crippen LogP contribution in [-0.4, -0.2) is 24.9 Å². The number of hydrogen-bond acceptors (Lipinski definition) is 6. The first-order valence-corrected chi connectivity index (χ1v) is 15.4. The summed E-state index contributed by atoms with van der Waals surface area (Å²) in [5.74, 6) is 1.93. The summed E-state index contributed by atoms with van der Waals surface area (Å²) >= 11 is 0. The van der Waals surface area contributed by atoms with Crippen molar-refractivity contribution in [2.75, 3.05) is 0 Å². The van der Waals surface area contributed by atoms with E-state index < -0.39 is 0 Å². The topological polar surface area (TPSA) is 77.6 Å². The normalized spacial score (nSPS) is 11.4. The highest BCUT2D eigenvalue weighted by Crippen LogP contribution is 2.32. The Balaban J connectivity index is 1.03. The zero-order valence-electron chi connectivity index (χ0n) is 25.1. The van der Waals surface area contributed by atoms with Crippen molar-refractivity contribution in [1.82, 2.24) is 24.9 Å². The van der Waals surface area contributed by atoms with Crippen LogP contribution < -0.4 is 0 Å². The highest BCUT2D eigenvalue weighted by molar-refractivity contribution is 6.05. The number of para-hydroxylation sites is 1. The van der Waals surface area contributed by atoms with E-state index in [0.29, 0.717) is 17.5 Å². The molecule has 6 nitrogen and oxygen atoms in total. The van der Waals surface area contributed by atoms with Crippen molar-refractivity contribution in [2.45, 2.75) is 0 Å². The number of furan rings is 1. The van der Waals surface area contributed by atoms with Crippen molar-refractivity contribution in [3.63, 3.8) is 0 Å². The molecule has 0 aliphatic heterocycles. The van der Waals surface area contributed by atoms with Crippen LogP contribution in [0.15, 0.2) is 156 Å². The molecule has 9 aromatic rings. The zero-order valence-corrected chi connectivity index (χ0v) is 25.1. The molecule has 0 saturated carbocycles. The lowest BCUT2D eigenvalue weighted by molar-refractivity contribution is 0.667. The van der Waals surface area contributed by atoms with Gasteiger partial charge in [-0.05, 0) is 41.5 Å². The minimum absolute atomic E-state index is 0.634. The van der Waals surface area contributed by atoms with E-state index in [9.17, 15) is 0 Å². The molecule has 0 atom stereocenters. The molecule has 4 aromatic heterocycles. The van der Waals surface area contributed by atoms with Crippen LogP contribution in [0.1, 0.15) is 0 Å². The SMILES string of the molecule is c1ccc(-c2nc(-c3ccccc3)nc(-c3ccc(-c4ccc5nc(-c6cc7c(cn6)oc6ccccc67)ccc5c4)cc3)n2)cc1. The van der Waals surface area contributed by atoms with Crippen LogP contribution in [0, 0.1) is 0 Å². The number of pyridine rings is 2. The van der Waals surface area contributed by atoms with Crippen molar-refractivity contribution in [2.24, 2.45) is 0 Å². The van der Waals surface area contributed by atoms with E-state index in [2.05, 4.69) is 65.6 Å². The van der Waals surface area contributed by atoms with E-state index in [4.69, 9.17) is 24.4 Å². The summed E-state index contributed by atoms with van der Waals surface area (Å²) in [5.41, 5.74) is 9.20. The quantitative estimate of drug-likeness (QED) is 0.195. The average Bonchev–Trinajstić information content (AvgIpc) is 3.53. The summed E-state index contributed by atoms with van der Waals surface area (Å²) < 4.78 is 5.96. The molecule has 0 bridgehead atoms. The Morgan fingerprint density at radius 1 is 0.383 bits per heavy atom. The van der Waals surface area contributed by atoms with Gasteiger partial charge in [-0.3, -0.25) is 4.98 Å². The van der Waals surface area contributed by atoms with Crippen molar-refractivity contribution in [3.05, 3.63) is 152 Å². The van der Waals surface area contributed by atoms with E-state index in [-0.39, 0.29) is 0 Å². The molecule has 0 spiro atoms. The zero-order chi connectivity index (χ0) is 31.2. The van der Waals surface area contributed by atoms with Crippen LogP contribution in [0.4, 0.5) is 0 Å². The van der Waals surface area contributed by atoms with Crippen molar-refractivity contribution in [1.29, 1.82) is 0 Å². The Morgan fingerprint density at radius 2 is 0.979 bits per heavy atom. The Kier molecular flexibility index (Phi) is 6.35. The van der Waals surface area contributed by atoms with Gasteiger partial charge in [0, 0.05) is 32.8 Å². The first-order valence-electron chi connectivity index (χ1n) is 15.4. The molecule has 9 rings (SSSR count). The van der Waals surface area contributed by atoms with Crippen LogP contribution in [0.5, 0.6) is 0 Å². The van der Waals surface area contributed by atoms with Crippen molar-refractivity contribution < 1.29 is 4.42 Å². The maximum atomic E-state index is 5.96. The lowest BCUT2D eigenvalue weighted by Gasteiger charge is -2.09. The predicted molar refractivity (Wildman–Crippen MR) is 187 cm³/mol. The van der Waals surface area contributed by atoms with Gasteiger partial charge < -0.3 is 4.42 Å². The molecule has 47 heavy (non-hydrogen) atoms. The molecule has 0 aliphatic rings. The number of nitrogens with zero attached hydrogens (tertiary/aromatic N) is 5. The highest BCUT2D eigenvalue weighted by Gasteiger charge is 2.13. The largest absolute Gasteiger partial charge is 0.454 e. The number of fused-ring (bicyclic) bond motifs is 4. The van der Waals surface area contributed by atoms with Gasteiger partial charge in [-0.1, -0.05) is 115 Å². The molecular weight excluding hydrogens is 578 g/mol. The van der Waals surface area contributed by atoms with Crippen molar-refractivity contribution in [3.8, 4) is 56.7 Å². The van der Waals surface area contributed by atoms with Gasteiger partial charge in [0.15, 0.2) is 23.1 Å². The Hall–Kier alpha value is -6.53. The fourth-order valence-corrected chi connectivity index (χ4v) is 5.97. The summed E-state index contributed by atoms with van der Waals surface area (Å²) in [5, 5.41) is 3.17. The van der Waals surface area contributed by atoms with Crippen molar-refractivity contribution >= 4 is 32.8 Å². The third-order valence-electron chi connectivity index (χ3n) is 8.39. The van der Waals surface area contributed by atoms with Crippen LogP contribution in [0.3, 0.4) is 0 Å². The highest BCUT2D eigenvalue weighted by atomic mass is 16.3. The smallest absolute Gasteiger partial charge is 0.164 e. The molecule has 220 valence electrons. The van der Waals surface area contributed by atoms with Gasteiger partial charge in [0.1, 0.15) is 5.58 Å². The van der Waals surface area contributed by atoms with Gasteiger partial charge >= 0.3 is 0 Å². The second-order valence-corrected chi connectivity index (χ2v) is 11.4. The van der Waals surface area contributed by atoms with Crippen LogP contribution in [0.2, 0.25) is 0 Å². The molecular formula is C41H25N5O. The minimum Gasteiger partial charge on any atom is -0.454 e. The molecule has 0 unspecified atom stereocenters. The third-order valence-corrected chi connectivity index (χ3v) is 8.39. The van der Waals surface area contributed by atoms with Gasteiger partial charge in [0.05, 0.1) is 23.1 Å². The minimum atomic E-state index is 0.634. The van der Waals surface area contributed by atoms with Gasteiger partial charge in [-0.2, -0.15) is 0 Å². The summed E-state index contributed by atoms with van der Waals surface area (Å²) in [4.78, 5) is 24.1.